The Labute approximate surface area is 142 Å². The van der Waals surface area contributed by atoms with Gasteiger partial charge in [-0.1, -0.05) is 29.3 Å². The lowest BCUT2D eigenvalue weighted by Gasteiger charge is -2.28. The smallest absolute Gasteiger partial charge is 0.247 e. The number of fused-ring (bicyclic) bond motifs is 1. The molecule has 0 aliphatic carbocycles. The molecule has 2 saturated heterocycles. The second-order valence-corrected chi connectivity index (χ2v) is 7.15. The third-order valence-electron chi connectivity index (χ3n) is 4.24. The minimum Gasteiger partial charge on any atom is -0.273 e. The number of aromatic nitrogens is 1. The molecule has 2 aliphatic heterocycles. The first-order chi connectivity index (χ1) is 10.7. The molecule has 7 heteroatoms. The van der Waals surface area contributed by atoms with Crippen LogP contribution in [0.5, 0.6) is 0 Å². The van der Waals surface area contributed by atoms with E-state index in [0.29, 0.717) is 10.0 Å². The highest BCUT2D eigenvalue weighted by Gasteiger charge is 2.50. The summed E-state index contributed by atoms with van der Waals surface area (Å²) < 4.78 is 0. The average molecular weight is 354 g/mol. The van der Waals surface area contributed by atoms with Crippen molar-refractivity contribution in [1.29, 1.82) is 0 Å². The summed E-state index contributed by atoms with van der Waals surface area (Å²) in [6, 6.07) is 5.52. The van der Waals surface area contributed by atoms with Gasteiger partial charge in [-0.25, -0.2) is 4.98 Å². The van der Waals surface area contributed by atoms with E-state index >= 15 is 0 Å². The van der Waals surface area contributed by atoms with Gasteiger partial charge in [0.05, 0.1) is 16.1 Å². The zero-order valence-electron chi connectivity index (χ0n) is 11.6. The summed E-state index contributed by atoms with van der Waals surface area (Å²) in [6.07, 6.45) is 3.52. The summed E-state index contributed by atoms with van der Waals surface area (Å²) >= 11 is 13.7. The first-order valence-corrected chi connectivity index (χ1v) is 8.73. The van der Waals surface area contributed by atoms with Crippen LogP contribution in [0.3, 0.4) is 0 Å². The first-order valence-electron chi connectivity index (χ1n) is 7.10. The van der Waals surface area contributed by atoms with Gasteiger partial charge in [-0.15, -0.1) is 11.3 Å². The molecule has 1 amide bonds. The molecular weight excluding hydrogens is 341 g/mol. The molecule has 1 aromatic carbocycles. The maximum atomic E-state index is 12.8. The van der Waals surface area contributed by atoms with E-state index in [1.165, 1.54) is 11.3 Å². The van der Waals surface area contributed by atoms with Gasteiger partial charge in [-0.2, -0.15) is 0 Å². The zero-order valence-corrected chi connectivity index (χ0v) is 13.9. The van der Waals surface area contributed by atoms with Crippen LogP contribution >= 0.6 is 34.5 Å². The monoisotopic (exact) mass is 353 g/mol. The lowest BCUT2D eigenvalue weighted by molar-refractivity contribution is -0.119. The third-order valence-corrected chi connectivity index (χ3v) is 5.75. The van der Waals surface area contributed by atoms with Gasteiger partial charge in [0.25, 0.3) is 0 Å². The predicted octanol–water partition coefficient (Wildman–Crippen LogP) is 3.96. The van der Waals surface area contributed by atoms with Crippen molar-refractivity contribution in [3.63, 3.8) is 0 Å². The molecule has 0 radical (unpaired) electrons. The summed E-state index contributed by atoms with van der Waals surface area (Å²) in [6.45, 7) is 0.906. The number of halogens is 2. The first kappa shape index (κ1) is 14.5. The minimum atomic E-state index is -0.152. The summed E-state index contributed by atoms with van der Waals surface area (Å²) in [4.78, 5) is 21.2. The lowest BCUT2D eigenvalue weighted by Crippen LogP contribution is -2.32. The van der Waals surface area contributed by atoms with Crippen molar-refractivity contribution in [2.45, 2.75) is 25.0 Å². The van der Waals surface area contributed by atoms with Crippen molar-refractivity contribution in [3.8, 4) is 0 Å². The molecule has 2 aliphatic rings. The maximum absolute atomic E-state index is 12.8. The molecule has 1 aromatic heterocycles. The molecule has 4 rings (SSSR count). The number of hydrogen-bond acceptors (Lipinski definition) is 4. The summed E-state index contributed by atoms with van der Waals surface area (Å²) in [5.41, 5.74) is 0.974. The number of anilines is 1. The molecule has 114 valence electrons. The quantitative estimate of drug-likeness (QED) is 0.819. The number of carbonyl (C=O) groups excluding carboxylic acids is 1. The van der Waals surface area contributed by atoms with Crippen LogP contribution in [0.15, 0.2) is 29.8 Å². The summed E-state index contributed by atoms with van der Waals surface area (Å²) in [5, 5.41) is 3.65. The molecule has 22 heavy (non-hydrogen) atoms. The van der Waals surface area contributed by atoms with Crippen LogP contribution < -0.4 is 4.90 Å². The van der Waals surface area contributed by atoms with E-state index < -0.39 is 0 Å². The molecule has 0 N–H and O–H groups in total. The second kappa shape index (κ2) is 5.49. The van der Waals surface area contributed by atoms with E-state index in [9.17, 15) is 4.79 Å². The summed E-state index contributed by atoms with van der Waals surface area (Å²) in [5.74, 6) is 0.128. The van der Waals surface area contributed by atoms with Gasteiger partial charge in [0.2, 0.25) is 5.91 Å². The van der Waals surface area contributed by atoms with Crippen molar-refractivity contribution in [2.75, 3.05) is 11.4 Å². The molecule has 2 aromatic rings. The molecule has 2 fully saturated rings. The Morgan fingerprint density at radius 1 is 1.27 bits per heavy atom. The molecule has 0 spiro atoms. The van der Waals surface area contributed by atoms with Crippen molar-refractivity contribution in [3.05, 3.63) is 45.4 Å². The SMILES string of the molecule is O=C1[C@@H]2CCCN2[C@@H](c2ccc(Cl)c(Cl)c2)N1c1nccs1. The number of rotatable bonds is 2. The van der Waals surface area contributed by atoms with Crippen LogP contribution in [0.25, 0.3) is 0 Å². The van der Waals surface area contributed by atoms with E-state index in [2.05, 4.69) is 9.88 Å². The average Bonchev–Trinajstić information content (AvgIpc) is 3.20. The molecule has 0 saturated carbocycles. The Balaban J connectivity index is 1.82. The Hall–Kier alpha value is -1.14. The second-order valence-electron chi connectivity index (χ2n) is 5.47. The minimum absolute atomic E-state index is 0.0525. The normalized spacial score (nSPS) is 25.0. The van der Waals surface area contributed by atoms with E-state index in [1.54, 1.807) is 17.2 Å². The number of amides is 1. The van der Waals surface area contributed by atoms with Gasteiger partial charge in [-0.3, -0.25) is 14.6 Å². The Kier molecular flexibility index (Phi) is 3.61. The topological polar surface area (TPSA) is 36.4 Å². The van der Waals surface area contributed by atoms with E-state index in [1.807, 2.05) is 17.5 Å². The van der Waals surface area contributed by atoms with Crippen LogP contribution in [-0.2, 0) is 4.79 Å². The molecule has 2 atom stereocenters. The maximum Gasteiger partial charge on any atom is 0.247 e. The van der Waals surface area contributed by atoms with Crippen LogP contribution in [0, 0.1) is 0 Å². The van der Waals surface area contributed by atoms with Crippen LogP contribution in [-0.4, -0.2) is 28.4 Å². The van der Waals surface area contributed by atoms with Crippen molar-refractivity contribution < 1.29 is 4.79 Å². The number of carbonyl (C=O) groups is 1. The van der Waals surface area contributed by atoms with E-state index in [0.717, 1.165) is 30.1 Å². The summed E-state index contributed by atoms with van der Waals surface area (Å²) in [7, 11) is 0. The van der Waals surface area contributed by atoms with Crippen molar-refractivity contribution >= 4 is 45.6 Å². The van der Waals surface area contributed by atoms with Gasteiger partial charge < -0.3 is 0 Å². The van der Waals surface area contributed by atoms with Crippen molar-refractivity contribution in [2.24, 2.45) is 0 Å². The zero-order chi connectivity index (χ0) is 15.3. The predicted molar refractivity (Wildman–Crippen MR) is 88.5 cm³/mol. The van der Waals surface area contributed by atoms with Crippen LogP contribution in [0.2, 0.25) is 10.0 Å². The fraction of sp³-hybridized carbons (Fsp3) is 0.333. The lowest BCUT2D eigenvalue weighted by atomic mass is 10.1. The van der Waals surface area contributed by atoms with E-state index in [-0.39, 0.29) is 18.1 Å². The van der Waals surface area contributed by atoms with Gasteiger partial charge >= 0.3 is 0 Å². The number of nitrogens with zero attached hydrogens (tertiary/aromatic N) is 3. The van der Waals surface area contributed by atoms with Gasteiger partial charge in [-0.05, 0) is 30.5 Å². The molecule has 0 bridgehead atoms. The van der Waals surface area contributed by atoms with Crippen molar-refractivity contribution in [1.82, 2.24) is 9.88 Å². The van der Waals surface area contributed by atoms with Gasteiger partial charge in [0.1, 0.15) is 6.17 Å². The standard InChI is InChI=1S/C15H13Cl2N3OS/c16-10-4-3-9(8-11(10)17)13-19-6-1-2-12(19)14(21)20(13)15-18-5-7-22-15/h3-5,7-8,12-13H,1-2,6H2/t12-,13+/m0/s1. The van der Waals surface area contributed by atoms with E-state index in [4.69, 9.17) is 23.2 Å². The van der Waals surface area contributed by atoms with Gasteiger partial charge in [0.15, 0.2) is 5.13 Å². The molecule has 3 heterocycles. The molecule has 4 nitrogen and oxygen atoms in total. The highest BCUT2D eigenvalue weighted by Crippen LogP contribution is 2.43. The highest BCUT2D eigenvalue weighted by molar-refractivity contribution is 7.13. The van der Waals surface area contributed by atoms with Crippen LogP contribution in [0.4, 0.5) is 5.13 Å². The number of benzene rings is 1. The fourth-order valence-corrected chi connectivity index (χ4v) is 4.30. The highest BCUT2D eigenvalue weighted by atomic mass is 35.5. The number of hydrogen-bond donors (Lipinski definition) is 0. The van der Waals surface area contributed by atoms with Gasteiger partial charge in [0, 0.05) is 18.1 Å². The third kappa shape index (κ3) is 2.15. The fourth-order valence-electron chi connectivity index (χ4n) is 3.32. The number of thiazole rings is 1. The Morgan fingerprint density at radius 3 is 2.86 bits per heavy atom. The Bertz CT molecular complexity index is 722. The van der Waals surface area contributed by atoms with Crippen LogP contribution in [0.1, 0.15) is 24.6 Å². The Morgan fingerprint density at radius 2 is 2.14 bits per heavy atom. The molecule has 0 unspecified atom stereocenters. The largest absolute Gasteiger partial charge is 0.273 e. The molecular formula is C15H13Cl2N3OS.